The Hall–Kier alpha value is -2.51. The first-order valence-corrected chi connectivity index (χ1v) is 8.01. The zero-order valence-corrected chi connectivity index (χ0v) is 13.4. The fourth-order valence-electron chi connectivity index (χ4n) is 2.98. The van der Waals surface area contributed by atoms with Crippen LogP contribution in [0.15, 0.2) is 41.3 Å². The lowest BCUT2D eigenvalue weighted by Crippen LogP contribution is -2.46. The van der Waals surface area contributed by atoms with Crippen molar-refractivity contribution in [2.45, 2.75) is 13.0 Å². The van der Waals surface area contributed by atoms with Crippen LogP contribution in [-0.4, -0.2) is 40.5 Å². The summed E-state index contributed by atoms with van der Waals surface area (Å²) < 4.78 is 1.45. The van der Waals surface area contributed by atoms with Gasteiger partial charge in [-0.05, 0) is 42.6 Å². The quantitative estimate of drug-likeness (QED) is 0.726. The van der Waals surface area contributed by atoms with Crippen molar-refractivity contribution in [2.24, 2.45) is 11.7 Å². The lowest BCUT2D eigenvalue weighted by atomic mass is 9.96. The highest BCUT2D eigenvalue weighted by molar-refractivity contribution is 5.68. The molecular formula is C17H21N5O2. The second-order valence-corrected chi connectivity index (χ2v) is 6.03. The van der Waals surface area contributed by atoms with Crippen molar-refractivity contribution < 1.29 is 4.79 Å². The molecule has 7 heteroatoms. The van der Waals surface area contributed by atoms with Crippen LogP contribution in [0.25, 0.3) is 5.69 Å². The van der Waals surface area contributed by atoms with Gasteiger partial charge in [-0.2, -0.15) is 4.98 Å². The number of carbonyl (C=O) groups excluding carboxylic acids is 1. The van der Waals surface area contributed by atoms with E-state index in [4.69, 9.17) is 5.73 Å². The van der Waals surface area contributed by atoms with Gasteiger partial charge < -0.3 is 11.1 Å². The minimum absolute atomic E-state index is 0.243. The number of nitrogens with two attached hydrogens (primary N) is 1. The number of aromatic nitrogens is 2. The molecule has 0 aliphatic carbocycles. The molecule has 0 bridgehead atoms. The average Bonchev–Trinajstić information content (AvgIpc) is 2.54. The summed E-state index contributed by atoms with van der Waals surface area (Å²) in [5, 5.41) is 2.36. The summed E-state index contributed by atoms with van der Waals surface area (Å²) >= 11 is 0. The molecule has 1 amide bonds. The zero-order valence-electron chi connectivity index (χ0n) is 13.4. The normalized spacial score (nSPS) is 15.0. The molecule has 1 aromatic heterocycles. The minimum atomic E-state index is -0.429. The van der Waals surface area contributed by atoms with Crippen LogP contribution in [0.5, 0.6) is 0 Å². The molecule has 126 valence electrons. The molecule has 1 fully saturated rings. The fraction of sp³-hybridized carbons (Fsp3) is 0.353. The zero-order chi connectivity index (χ0) is 16.9. The number of likely N-dealkylation sites (tertiary alicyclic amines) is 1. The molecule has 1 aliphatic heterocycles. The van der Waals surface area contributed by atoms with E-state index in [2.05, 4.69) is 15.2 Å². The van der Waals surface area contributed by atoms with Crippen LogP contribution in [-0.2, 0) is 11.3 Å². The molecule has 1 aromatic carbocycles. The monoisotopic (exact) mass is 327 g/mol. The number of hydrogen-bond donors (Lipinski definition) is 2. The van der Waals surface area contributed by atoms with Gasteiger partial charge in [0.05, 0.1) is 5.69 Å². The molecule has 3 N–H and O–H groups in total. The molecule has 3 rings (SSSR count). The highest BCUT2D eigenvalue weighted by Gasteiger charge is 2.25. The molecule has 0 atom stereocenters. The number of carbonyl (C=O) groups is 1. The summed E-state index contributed by atoms with van der Waals surface area (Å²) in [6, 6.07) is 9.44. The van der Waals surface area contributed by atoms with Crippen molar-refractivity contribution >= 4 is 12.2 Å². The van der Waals surface area contributed by atoms with Crippen molar-refractivity contribution in [3.8, 4) is 5.69 Å². The van der Waals surface area contributed by atoms with E-state index in [9.17, 15) is 9.59 Å². The molecule has 1 aliphatic rings. The van der Waals surface area contributed by atoms with Crippen molar-refractivity contribution in [1.29, 1.82) is 0 Å². The van der Waals surface area contributed by atoms with Crippen molar-refractivity contribution in [1.82, 2.24) is 14.5 Å². The molecule has 0 radical (unpaired) electrons. The molecular weight excluding hydrogens is 306 g/mol. The maximum Gasteiger partial charge on any atom is 0.354 e. The number of rotatable bonds is 7. The number of nitrogens with zero attached hydrogens (tertiary/aromatic N) is 3. The molecule has 24 heavy (non-hydrogen) atoms. The van der Waals surface area contributed by atoms with Gasteiger partial charge in [0.15, 0.2) is 0 Å². The van der Waals surface area contributed by atoms with Crippen molar-refractivity contribution in [2.75, 3.05) is 25.0 Å². The Balaban J connectivity index is 1.64. The highest BCUT2D eigenvalue weighted by atomic mass is 16.1. The van der Waals surface area contributed by atoms with Gasteiger partial charge in [-0.3, -0.25) is 14.3 Å². The van der Waals surface area contributed by atoms with Crippen LogP contribution in [0, 0.1) is 5.92 Å². The summed E-state index contributed by atoms with van der Waals surface area (Å²) in [7, 11) is 0. The third kappa shape index (κ3) is 3.69. The summed E-state index contributed by atoms with van der Waals surface area (Å²) in [6.07, 6.45) is 3.19. The topological polar surface area (TPSA) is 93.2 Å². The second-order valence-electron chi connectivity index (χ2n) is 6.03. The van der Waals surface area contributed by atoms with Crippen LogP contribution in [0.3, 0.4) is 0 Å². The van der Waals surface area contributed by atoms with E-state index in [1.165, 1.54) is 10.1 Å². The molecule has 2 aromatic rings. The summed E-state index contributed by atoms with van der Waals surface area (Å²) in [6.45, 7) is 3.88. The van der Waals surface area contributed by atoms with Gasteiger partial charge in [-0.1, -0.05) is 12.1 Å². The third-order valence-corrected chi connectivity index (χ3v) is 4.24. The molecule has 1 saturated heterocycles. The third-order valence-electron chi connectivity index (χ3n) is 4.24. The van der Waals surface area contributed by atoms with Crippen LogP contribution < -0.4 is 16.7 Å². The average molecular weight is 327 g/mol. The van der Waals surface area contributed by atoms with Crippen LogP contribution in [0.4, 0.5) is 5.82 Å². The van der Waals surface area contributed by atoms with Gasteiger partial charge in [-0.25, -0.2) is 4.79 Å². The summed E-state index contributed by atoms with van der Waals surface area (Å²) in [4.78, 5) is 28.6. The SMILES string of the molecule is NCCC1CN(Cc2ccc(-n3ccc(NC=O)nc3=O)cc2)C1. The predicted molar refractivity (Wildman–Crippen MR) is 92.0 cm³/mol. The van der Waals surface area contributed by atoms with Gasteiger partial charge in [0.2, 0.25) is 6.41 Å². The van der Waals surface area contributed by atoms with Crippen LogP contribution in [0.1, 0.15) is 12.0 Å². The van der Waals surface area contributed by atoms with E-state index in [-0.39, 0.29) is 5.82 Å². The number of benzene rings is 1. The van der Waals surface area contributed by atoms with Crippen molar-refractivity contribution in [3.63, 3.8) is 0 Å². The Bertz CT molecular complexity index is 750. The first-order valence-electron chi connectivity index (χ1n) is 8.01. The van der Waals surface area contributed by atoms with Crippen LogP contribution >= 0.6 is 0 Å². The Morgan fingerprint density at radius 2 is 2.00 bits per heavy atom. The molecule has 2 heterocycles. The Morgan fingerprint density at radius 3 is 2.62 bits per heavy atom. The number of amides is 1. The number of anilines is 1. The molecule has 0 unspecified atom stereocenters. The van der Waals surface area contributed by atoms with Gasteiger partial charge in [0.1, 0.15) is 5.82 Å². The van der Waals surface area contributed by atoms with E-state index in [1.807, 2.05) is 24.3 Å². The van der Waals surface area contributed by atoms with Gasteiger partial charge in [0.25, 0.3) is 0 Å². The van der Waals surface area contributed by atoms with E-state index >= 15 is 0 Å². The maximum atomic E-state index is 12.0. The van der Waals surface area contributed by atoms with Gasteiger partial charge in [-0.15, -0.1) is 0 Å². The van der Waals surface area contributed by atoms with E-state index in [0.717, 1.165) is 44.2 Å². The smallest absolute Gasteiger partial charge is 0.330 e. The molecule has 7 nitrogen and oxygen atoms in total. The molecule has 0 saturated carbocycles. The summed E-state index contributed by atoms with van der Waals surface area (Å²) in [5.41, 5.74) is 7.11. The second kappa shape index (κ2) is 7.37. The lowest BCUT2D eigenvalue weighted by molar-refractivity contribution is -0.105. The first-order chi connectivity index (χ1) is 11.7. The Labute approximate surface area is 140 Å². The fourth-order valence-corrected chi connectivity index (χ4v) is 2.98. The molecule has 0 spiro atoms. The number of hydrogen-bond acceptors (Lipinski definition) is 5. The number of nitrogens with one attached hydrogen (secondary N) is 1. The van der Waals surface area contributed by atoms with E-state index in [1.54, 1.807) is 12.3 Å². The van der Waals surface area contributed by atoms with Gasteiger partial charge >= 0.3 is 5.69 Å². The Kier molecular flexibility index (Phi) is 5.02. The van der Waals surface area contributed by atoms with Crippen molar-refractivity contribution in [3.05, 3.63) is 52.6 Å². The summed E-state index contributed by atoms with van der Waals surface area (Å²) in [5.74, 6) is 0.977. The standard InChI is InChI=1S/C17H21N5O2/c18-7-5-14-10-21(11-14)9-13-1-3-15(4-2-13)22-8-6-16(19-12-23)20-17(22)24/h1-4,6,8,12,14H,5,7,9-11,18H2,(H,19,20,23,24). The highest BCUT2D eigenvalue weighted by Crippen LogP contribution is 2.21. The lowest BCUT2D eigenvalue weighted by Gasteiger charge is -2.39. The predicted octanol–water partition coefficient (Wildman–Crippen LogP) is 0.581. The first kappa shape index (κ1) is 16.4. The maximum absolute atomic E-state index is 12.0. The van der Waals surface area contributed by atoms with E-state index in [0.29, 0.717) is 6.41 Å². The minimum Gasteiger partial charge on any atom is -0.330 e. The van der Waals surface area contributed by atoms with Gasteiger partial charge in [0, 0.05) is 25.8 Å². The van der Waals surface area contributed by atoms with E-state index < -0.39 is 5.69 Å². The van der Waals surface area contributed by atoms with Crippen LogP contribution in [0.2, 0.25) is 0 Å². The largest absolute Gasteiger partial charge is 0.354 e. The Morgan fingerprint density at radius 1 is 1.25 bits per heavy atom.